The number of hydrogen-bond acceptors (Lipinski definition) is 3. The number of nitrogens with one attached hydrogen (secondary N) is 1. The summed E-state index contributed by atoms with van der Waals surface area (Å²) >= 11 is 0. The van der Waals surface area contributed by atoms with Crippen molar-refractivity contribution in [3.05, 3.63) is 35.4 Å². The molecule has 2 atom stereocenters. The maximum absolute atomic E-state index is 11.1. The molecule has 100 valence electrons. The normalized spacial score (nSPS) is 22.1. The van der Waals surface area contributed by atoms with E-state index in [0.717, 1.165) is 24.8 Å². The molecule has 1 aliphatic rings. The highest BCUT2D eigenvalue weighted by Gasteiger charge is 2.32. The number of hydrogen-bond donors (Lipinski definition) is 2. The molecule has 4 nitrogen and oxygen atoms in total. The third kappa shape index (κ3) is 3.33. The van der Waals surface area contributed by atoms with Crippen molar-refractivity contribution in [2.24, 2.45) is 11.8 Å². The zero-order chi connectivity index (χ0) is 13.7. The maximum atomic E-state index is 11.1. The van der Waals surface area contributed by atoms with E-state index >= 15 is 0 Å². The van der Waals surface area contributed by atoms with E-state index in [1.807, 2.05) is 18.2 Å². The first kappa shape index (κ1) is 13.6. The van der Waals surface area contributed by atoms with Gasteiger partial charge in [0.15, 0.2) is 0 Å². The zero-order valence-electron chi connectivity index (χ0n) is 10.8. The maximum Gasteiger partial charge on any atom is 0.306 e. The molecule has 1 aliphatic carbocycles. The lowest BCUT2D eigenvalue weighted by Gasteiger charge is -2.16. The van der Waals surface area contributed by atoms with Crippen molar-refractivity contribution in [2.45, 2.75) is 25.8 Å². The molecule has 1 aromatic rings. The average molecular weight is 258 g/mol. The molecular weight excluding hydrogens is 240 g/mol. The minimum Gasteiger partial charge on any atom is -0.481 e. The molecule has 19 heavy (non-hydrogen) atoms. The van der Waals surface area contributed by atoms with Gasteiger partial charge in [-0.3, -0.25) is 4.79 Å². The predicted octanol–water partition coefficient (Wildman–Crippen LogP) is 2.15. The molecule has 0 aromatic heterocycles. The molecule has 1 aromatic carbocycles. The van der Waals surface area contributed by atoms with Gasteiger partial charge in [0.2, 0.25) is 0 Å². The zero-order valence-corrected chi connectivity index (χ0v) is 10.8. The van der Waals surface area contributed by atoms with Crippen LogP contribution in [0.25, 0.3) is 0 Å². The Kier molecular flexibility index (Phi) is 4.53. The van der Waals surface area contributed by atoms with Crippen molar-refractivity contribution in [1.29, 1.82) is 5.26 Å². The molecule has 0 aliphatic heterocycles. The van der Waals surface area contributed by atoms with Gasteiger partial charge in [0.1, 0.15) is 0 Å². The van der Waals surface area contributed by atoms with E-state index in [1.54, 1.807) is 6.07 Å². The summed E-state index contributed by atoms with van der Waals surface area (Å²) in [5, 5.41) is 21.4. The predicted molar refractivity (Wildman–Crippen MR) is 71.3 cm³/mol. The largest absolute Gasteiger partial charge is 0.481 e. The monoisotopic (exact) mass is 258 g/mol. The lowest BCUT2D eigenvalue weighted by molar-refractivity contribution is -0.142. The summed E-state index contributed by atoms with van der Waals surface area (Å²) in [5.41, 5.74) is 1.64. The van der Waals surface area contributed by atoms with Crippen molar-refractivity contribution >= 4 is 5.97 Å². The fourth-order valence-electron chi connectivity index (χ4n) is 2.78. The van der Waals surface area contributed by atoms with Crippen LogP contribution in [-0.4, -0.2) is 17.6 Å². The first-order valence-electron chi connectivity index (χ1n) is 6.64. The molecule has 0 spiro atoms. The smallest absolute Gasteiger partial charge is 0.306 e. The quantitative estimate of drug-likeness (QED) is 0.848. The van der Waals surface area contributed by atoms with Gasteiger partial charge in [-0.25, -0.2) is 0 Å². The molecule has 0 bridgehead atoms. The van der Waals surface area contributed by atoms with E-state index in [-0.39, 0.29) is 11.8 Å². The van der Waals surface area contributed by atoms with Gasteiger partial charge in [-0.15, -0.1) is 0 Å². The Balaban J connectivity index is 1.87. The molecule has 2 unspecified atom stereocenters. The number of rotatable bonds is 5. The van der Waals surface area contributed by atoms with E-state index in [2.05, 4.69) is 11.4 Å². The van der Waals surface area contributed by atoms with E-state index in [4.69, 9.17) is 10.4 Å². The summed E-state index contributed by atoms with van der Waals surface area (Å²) in [6.07, 6.45) is 2.76. The van der Waals surface area contributed by atoms with E-state index in [0.29, 0.717) is 18.7 Å². The van der Waals surface area contributed by atoms with Crippen molar-refractivity contribution < 1.29 is 9.90 Å². The van der Waals surface area contributed by atoms with Crippen molar-refractivity contribution in [3.63, 3.8) is 0 Å². The van der Waals surface area contributed by atoms with Gasteiger partial charge < -0.3 is 10.4 Å². The Bertz CT molecular complexity index is 493. The number of benzene rings is 1. The Morgan fingerprint density at radius 3 is 2.95 bits per heavy atom. The number of carbonyl (C=O) groups is 1. The van der Waals surface area contributed by atoms with E-state index in [1.165, 1.54) is 0 Å². The Morgan fingerprint density at radius 1 is 1.42 bits per heavy atom. The second-order valence-electron chi connectivity index (χ2n) is 5.04. The van der Waals surface area contributed by atoms with Crippen LogP contribution in [0.3, 0.4) is 0 Å². The van der Waals surface area contributed by atoms with E-state index in [9.17, 15) is 4.79 Å². The number of carboxylic acid groups (broad SMARTS) is 1. The van der Waals surface area contributed by atoms with Crippen molar-refractivity contribution in [3.8, 4) is 6.07 Å². The van der Waals surface area contributed by atoms with Crippen LogP contribution in [0.4, 0.5) is 0 Å². The van der Waals surface area contributed by atoms with Crippen LogP contribution in [0, 0.1) is 23.2 Å². The minimum atomic E-state index is -0.679. The highest BCUT2D eigenvalue weighted by Crippen LogP contribution is 2.31. The van der Waals surface area contributed by atoms with Crippen LogP contribution in [0.5, 0.6) is 0 Å². The Labute approximate surface area is 113 Å². The molecule has 0 amide bonds. The van der Waals surface area contributed by atoms with Gasteiger partial charge in [0, 0.05) is 6.54 Å². The number of aliphatic carboxylic acids is 1. The minimum absolute atomic E-state index is 0.210. The van der Waals surface area contributed by atoms with Gasteiger partial charge >= 0.3 is 5.97 Å². The molecule has 2 N–H and O–H groups in total. The van der Waals surface area contributed by atoms with Crippen LogP contribution in [0.1, 0.15) is 30.4 Å². The lowest BCUT2D eigenvalue weighted by atomic mass is 9.96. The number of carboxylic acids is 1. The van der Waals surface area contributed by atoms with Crippen LogP contribution in [0.15, 0.2) is 24.3 Å². The standard InChI is InChI=1S/C15H18N2O2/c16-8-11-4-1-2-5-12(11)9-17-10-13-6-3-7-14(13)15(18)19/h1-2,4-5,13-14,17H,3,6-7,9-10H2,(H,18,19). The summed E-state index contributed by atoms with van der Waals surface area (Å²) in [4.78, 5) is 11.1. The van der Waals surface area contributed by atoms with Crippen LogP contribution >= 0.6 is 0 Å². The van der Waals surface area contributed by atoms with Gasteiger partial charge in [-0.05, 0) is 36.9 Å². The molecule has 4 heteroatoms. The Morgan fingerprint density at radius 2 is 2.21 bits per heavy atom. The molecule has 1 fully saturated rings. The SMILES string of the molecule is N#Cc1ccccc1CNCC1CCCC1C(=O)O. The molecule has 0 radical (unpaired) electrons. The third-order valence-electron chi connectivity index (χ3n) is 3.84. The summed E-state index contributed by atoms with van der Waals surface area (Å²) in [5.74, 6) is -0.674. The second kappa shape index (κ2) is 6.35. The lowest BCUT2D eigenvalue weighted by Crippen LogP contribution is -2.28. The van der Waals surface area contributed by atoms with Crippen molar-refractivity contribution in [1.82, 2.24) is 5.32 Å². The highest BCUT2D eigenvalue weighted by atomic mass is 16.4. The van der Waals surface area contributed by atoms with Gasteiger partial charge in [-0.1, -0.05) is 24.6 Å². The van der Waals surface area contributed by atoms with Crippen molar-refractivity contribution in [2.75, 3.05) is 6.54 Å². The summed E-state index contributed by atoms with van der Waals surface area (Å²) < 4.78 is 0. The van der Waals surface area contributed by atoms with Gasteiger partial charge in [0.05, 0.1) is 17.6 Å². The molecule has 0 heterocycles. The molecule has 1 saturated carbocycles. The summed E-state index contributed by atoms with van der Waals surface area (Å²) in [6.45, 7) is 1.32. The third-order valence-corrected chi connectivity index (χ3v) is 3.84. The first-order valence-corrected chi connectivity index (χ1v) is 6.64. The van der Waals surface area contributed by atoms with Gasteiger partial charge in [-0.2, -0.15) is 5.26 Å². The summed E-state index contributed by atoms with van der Waals surface area (Å²) in [7, 11) is 0. The van der Waals surface area contributed by atoms with Crippen LogP contribution < -0.4 is 5.32 Å². The number of nitriles is 1. The van der Waals surface area contributed by atoms with Crippen LogP contribution in [-0.2, 0) is 11.3 Å². The molecule has 0 saturated heterocycles. The topological polar surface area (TPSA) is 73.1 Å². The first-order chi connectivity index (χ1) is 9.22. The Hall–Kier alpha value is -1.86. The molecule has 2 rings (SSSR count). The second-order valence-corrected chi connectivity index (χ2v) is 5.04. The van der Waals surface area contributed by atoms with E-state index < -0.39 is 5.97 Å². The average Bonchev–Trinajstić information content (AvgIpc) is 2.88. The van der Waals surface area contributed by atoms with Crippen LogP contribution in [0.2, 0.25) is 0 Å². The summed E-state index contributed by atoms with van der Waals surface area (Å²) in [6, 6.07) is 9.65. The fourth-order valence-corrected chi connectivity index (χ4v) is 2.78. The van der Waals surface area contributed by atoms with Gasteiger partial charge in [0.25, 0.3) is 0 Å². The number of nitrogens with zero attached hydrogens (tertiary/aromatic N) is 1. The fraction of sp³-hybridized carbons (Fsp3) is 0.467. The molecular formula is C15H18N2O2. The highest BCUT2D eigenvalue weighted by molar-refractivity contribution is 5.70.